The maximum atomic E-state index is 3.73. The summed E-state index contributed by atoms with van der Waals surface area (Å²) in [5.41, 5.74) is 2.69. The fraction of sp³-hybridized carbons (Fsp3) is 0.333. The van der Waals surface area contributed by atoms with Crippen LogP contribution in [0.4, 0.5) is 0 Å². The lowest BCUT2D eigenvalue weighted by atomic mass is 10.1. The van der Waals surface area contributed by atoms with Crippen molar-refractivity contribution in [2.45, 2.75) is 19.3 Å². The molecule has 0 heteroatoms. The van der Waals surface area contributed by atoms with Crippen molar-refractivity contribution in [3.8, 4) is 0 Å². The highest BCUT2D eigenvalue weighted by Crippen LogP contribution is 2.32. The van der Waals surface area contributed by atoms with Gasteiger partial charge in [-0.25, -0.2) is 0 Å². The third-order valence-corrected chi connectivity index (χ3v) is 2.44. The van der Waals surface area contributed by atoms with E-state index in [1.165, 1.54) is 30.4 Å². The summed E-state index contributed by atoms with van der Waals surface area (Å²) >= 11 is 0. The molecule has 62 valence electrons. The quantitative estimate of drug-likeness (QED) is 0.633. The van der Waals surface area contributed by atoms with Crippen LogP contribution in [-0.2, 0) is 6.42 Å². The molecule has 0 nitrogen and oxygen atoms in total. The first kappa shape index (κ1) is 7.60. The summed E-state index contributed by atoms with van der Waals surface area (Å²) in [5.74, 6) is 0.986. The largest absolute Gasteiger partial charge is 0.0985 e. The fourth-order valence-electron chi connectivity index (χ4n) is 1.45. The Labute approximate surface area is 73.9 Å². The van der Waals surface area contributed by atoms with Gasteiger partial charge in [-0.3, -0.25) is 0 Å². The molecule has 0 bridgehead atoms. The molecular weight excluding hydrogens is 144 g/mol. The number of hydrogen-bond donors (Lipinski definition) is 0. The molecule has 0 radical (unpaired) electrons. The normalized spacial score (nSPS) is 16.0. The molecule has 0 N–H and O–H groups in total. The van der Waals surface area contributed by atoms with E-state index in [1.807, 2.05) is 6.08 Å². The van der Waals surface area contributed by atoms with Crippen molar-refractivity contribution < 1.29 is 0 Å². The maximum absolute atomic E-state index is 3.73. The molecule has 0 aliphatic heterocycles. The van der Waals surface area contributed by atoms with Gasteiger partial charge < -0.3 is 0 Å². The third kappa shape index (κ3) is 1.76. The molecule has 1 aliphatic rings. The number of benzene rings is 1. The Morgan fingerprint density at radius 2 is 1.92 bits per heavy atom. The molecule has 1 aromatic rings. The Balaban J connectivity index is 2.07. The SMILES string of the molecule is C=Cc1ccc(CC2CC2)cc1. The van der Waals surface area contributed by atoms with E-state index in [4.69, 9.17) is 0 Å². The fourth-order valence-corrected chi connectivity index (χ4v) is 1.45. The molecule has 0 saturated heterocycles. The highest BCUT2D eigenvalue weighted by molar-refractivity contribution is 5.47. The van der Waals surface area contributed by atoms with Crippen LogP contribution < -0.4 is 0 Å². The van der Waals surface area contributed by atoms with E-state index in [9.17, 15) is 0 Å². The van der Waals surface area contributed by atoms with Crippen molar-refractivity contribution in [2.75, 3.05) is 0 Å². The molecule has 1 saturated carbocycles. The molecule has 2 rings (SSSR count). The molecule has 1 fully saturated rings. The van der Waals surface area contributed by atoms with E-state index in [0.29, 0.717) is 0 Å². The molecule has 1 aromatic carbocycles. The zero-order chi connectivity index (χ0) is 8.39. The van der Waals surface area contributed by atoms with Crippen LogP contribution in [0, 0.1) is 5.92 Å². The summed E-state index contributed by atoms with van der Waals surface area (Å²) in [7, 11) is 0. The van der Waals surface area contributed by atoms with Gasteiger partial charge in [-0.05, 0) is 36.3 Å². The third-order valence-electron chi connectivity index (χ3n) is 2.44. The van der Waals surface area contributed by atoms with Gasteiger partial charge in [0.05, 0.1) is 0 Å². The predicted molar refractivity (Wildman–Crippen MR) is 53.0 cm³/mol. The second kappa shape index (κ2) is 3.14. The highest BCUT2D eigenvalue weighted by Gasteiger charge is 2.20. The van der Waals surface area contributed by atoms with Crippen molar-refractivity contribution >= 4 is 6.08 Å². The lowest BCUT2D eigenvalue weighted by molar-refractivity contribution is 0.832. The van der Waals surface area contributed by atoms with Gasteiger partial charge in [0, 0.05) is 0 Å². The molecular formula is C12H14. The minimum atomic E-state index is 0.986. The molecule has 0 heterocycles. The average Bonchev–Trinajstić information content (AvgIpc) is 2.90. The minimum Gasteiger partial charge on any atom is -0.0985 e. The highest BCUT2D eigenvalue weighted by atomic mass is 14.3. The number of hydrogen-bond acceptors (Lipinski definition) is 0. The summed E-state index contributed by atoms with van der Waals surface area (Å²) in [6.45, 7) is 3.73. The van der Waals surface area contributed by atoms with Gasteiger partial charge in [-0.1, -0.05) is 36.9 Å². The smallest absolute Gasteiger partial charge is 0.0250 e. The Hall–Kier alpha value is -1.04. The zero-order valence-electron chi connectivity index (χ0n) is 7.29. The van der Waals surface area contributed by atoms with Crippen LogP contribution >= 0.6 is 0 Å². The second-order valence-electron chi connectivity index (χ2n) is 3.59. The number of rotatable bonds is 3. The van der Waals surface area contributed by atoms with Crippen molar-refractivity contribution in [2.24, 2.45) is 5.92 Å². The van der Waals surface area contributed by atoms with Crippen LogP contribution in [0.25, 0.3) is 6.08 Å². The first-order chi connectivity index (χ1) is 5.88. The second-order valence-corrected chi connectivity index (χ2v) is 3.59. The van der Waals surface area contributed by atoms with E-state index in [0.717, 1.165) is 5.92 Å². The van der Waals surface area contributed by atoms with Crippen LogP contribution in [0.15, 0.2) is 30.8 Å². The lowest BCUT2D eigenvalue weighted by Crippen LogP contribution is -1.85. The Bertz CT molecular complexity index is 265. The average molecular weight is 158 g/mol. The maximum Gasteiger partial charge on any atom is -0.0250 e. The van der Waals surface area contributed by atoms with E-state index >= 15 is 0 Å². The summed E-state index contributed by atoms with van der Waals surface area (Å²) in [4.78, 5) is 0. The first-order valence-corrected chi connectivity index (χ1v) is 4.60. The summed E-state index contributed by atoms with van der Waals surface area (Å²) in [6.07, 6.45) is 6.03. The topological polar surface area (TPSA) is 0 Å². The summed E-state index contributed by atoms with van der Waals surface area (Å²) < 4.78 is 0. The van der Waals surface area contributed by atoms with Gasteiger partial charge in [0.25, 0.3) is 0 Å². The summed E-state index contributed by atoms with van der Waals surface area (Å²) in [5, 5.41) is 0. The molecule has 0 atom stereocenters. The predicted octanol–water partition coefficient (Wildman–Crippen LogP) is 3.28. The van der Waals surface area contributed by atoms with Crippen LogP contribution in [0.3, 0.4) is 0 Å². The molecule has 0 unspecified atom stereocenters. The minimum absolute atomic E-state index is 0.986. The van der Waals surface area contributed by atoms with Crippen molar-refractivity contribution in [1.29, 1.82) is 0 Å². The van der Waals surface area contributed by atoms with Crippen LogP contribution in [0.5, 0.6) is 0 Å². The van der Waals surface area contributed by atoms with Gasteiger partial charge in [0.2, 0.25) is 0 Å². The van der Waals surface area contributed by atoms with Crippen LogP contribution in [0.1, 0.15) is 24.0 Å². The molecule has 0 aromatic heterocycles. The zero-order valence-corrected chi connectivity index (χ0v) is 7.29. The van der Waals surface area contributed by atoms with Gasteiger partial charge in [-0.2, -0.15) is 0 Å². The van der Waals surface area contributed by atoms with Gasteiger partial charge in [-0.15, -0.1) is 0 Å². The Morgan fingerprint density at radius 1 is 1.25 bits per heavy atom. The van der Waals surface area contributed by atoms with E-state index < -0.39 is 0 Å². The monoisotopic (exact) mass is 158 g/mol. The van der Waals surface area contributed by atoms with E-state index in [2.05, 4.69) is 30.8 Å². The molecule has 0 spiro atoms. The van der Waals surface area contributed by atoms with Crippen LogP contribution in [0.2, 0.25) is 0 Å². The van der Waals surface area contributed by atoms with Gasteiger partial charge in [0.1, 0.15) is 0 Å². The van der Waals surface area contributed by atoms with Gasteiger partial charge >= 0.3 is 0 Å². The summed E-state index contributed by atoms with van der Waals surface area (Å²) in [6, 6.07) is 8.72. The van der Waals surface area contributed by atoms with Gasteiger partial charge in [0.15, 0.2) is 0 Å². The van der Waals surface area contributed by atoms with Crippen molar-refractivity contribution in [3.63, 3.8) is 0 Å². The molecule has 0 amide bonds. The van der Waals surface area contributed by atoms with E-state index in [-0.39, 0.29) is 0 Å². The Kier molecular flexibility index (Phi) is 1.99. The van der Waals surface area contributed by atoms with Crippen molar-refractivity contribution in [3.05, 3.63) is 42.0 Å². The van der Waals surface area contributed by atoms with Crippen molar-refractivity contribution in [1.82, 2.24) is 0 Å². The standard InChI is InChI=1S/C12H14/c1-2-10-3-5-11(6-4-10)9-12-7-8-12/h2-6,12H,1,7-9H2. The molecule has 1 aliphatic carbocycles. The Morgan fingerprint density at radius 3 is 2.42 bits per heavy atom. The van der Waals surface area contributed by atoms with Crippen LogP contribution in [-0.4, -0.2) is 0 Å². The first-order valence-electron chi connectivity index (χ1n) is 4.60. The molecule has 12 heavy (non-hydrogen) atoms. The lowest BCUT2D eigenvalue weighted by Gasteiger charge is -1.99. The van der Waals surface area contributed by atoms with E-state index in [1.54, 1.807) is 0 Å².